The highest BCUT2D eigenvalue weighted by Crippen LogP contribution is 2.29. The van der Waals surface area contributed by atoms with Gasteiger partial charge in [0.1, 0.15) is 6.04 Å². The smallest absolute Gasteiger partial charge is 0.416 e. The Labute approximate surface area is 109 Å². The average Bonchev–Trinajstić information content (AvgIpc) is 2.36. The van der Waals surface area contributed by atoms with E-state index >= 15 is 0 Å². The molecule has 1 aromatic carbocycles. The van der Waals surface area contributed by atoms with E-state index in [9.17, 15) is 18.0 Å². The normalized spacial score (nSPS) is 14.8. The first-order chi connectivity index (χ1) is 8.75. The Kier molecular flexibility index (Phi) is 4.94. The van der Waals surface area contributed by atoms with Crippen LogP contribution in [0.2, 0.25) is 0 Å². The van der Waals surface area contributed by atoms with Crippen LogP contribution in [0.3, 0.4) is 0 Å². The lowest BCUT2D eigenvalue weighted by atomic mass is 10.1. The van der Waals surface area contributed by atoms with E-state index in [1.165, 1.54) is 19.2 Å². The number of esters is 1. The molecule has 1 rings (SSSR count). The molecule has 1 aromatic rings. The summed E-state index contributed by atoms with van der Waals surface area (Å²) in [5.41, 5.74) is -0.0202. The van der Waals surface area contributed by atoms with Crippen molar-refractivity contribution < 1.29 is 22.7 Å². The standard InChI is InChI=1S/C13H16F3NO2/c1-8(17-9(2)12(18)19-3)10-4-6-11(7-5-10)13(14,15)16/h4-9,17H,1-3H3. The third kappa shape index (κ3) is 4.24. The maximum Gasteiger partial charge on any atom is 0.416 e. The summed E-state index contributed by atoms with van der Waals surface area (Å²) in [6.07, 6.45) is -4.34. The Morgan fingerprint density at radius 2 is 1.74 bits per heavy atom. The molecule has 1 N–H and O–H groups in total. The number of methoxy groups -OCH3 is 1. The predicted octanol–water partition coefficient (Wildman–Crippen LogP) is 2.92. The minimum atomic E-state index is -4.34. The van der Waals surface area contributed by atoms with E-state index in [2.05, 4.69) is 10.1 Å². The van der Waals surface area contributed by atoms with E-state index in [0.29, 0.717) is 5.56 Å². The van der Waals surface area contributed by atoms with Gasteiger partial charge in [0.25, 0.3) is 0 Å². The molecule has 19 heavy (non-hydrogen) atoms. The van der Waals surface area contributed by atoms with Gasteiger partial charge in [-0.3, -0.25) is 10.1 Å². The van der Waals surface area contributed by atoms with E-state index in [0.717, 1.165) is 12.1 Å². The van der Waals surface area contributed by atoms with Gasteiger partial charge in [0.15, 0.2) is 0 Å². The first kappa shape index (κ1) is 15.5. The molecule has 0 spiro atoms. The summed E-state index contributed by atoms with van der Waals surface area (Å²) in [7, 11) is 1.28. The van der Waals surface area contributed by atoms with Crippen molar-refractivity contribution in [1.82, 2.24) is 5.32 Å². The molecule has 0 aliphatic rings. The van der Waals surface area contributed by atoms with Crippen molar-refractivity contribution in [3.63, 3.8) is 0 Å². The fourth-order valence-corrected chi connectivity index (χ4v) is 1.68. The van der Waals surface area contributed by atoms with Crippen LogP contribution in [0.25, 0.3) is 0 Å². The molecule has 2 atom stereocenters. The monoisotopic (exact) mass is 275 g/mol. The third-order valence-corrected chi connectivity index (χ3v) is 2.79. The molecule has 0 aliphatic carbocycles. The van der Waals surface area contributed by atoms with Crippen LogP contribution >= 0.6 is 0 Å². The fraction of sp³-hybridized carbons (Fsp3) is 0.462. The molecular formula is C13H16F3NO2. The lowest BCUT2D eigenvalue weighted by Gasteiger charge is -2.19. The SMILES string of the molecule is COC(=O)C(C)NC(C)c1ccc(C(F)(F)F)cc1. The van der Waals surface area contributed by atoms with Gasteiger partial charge in [0, 0.05) is 6.04 Å². The largest absolute Gasteiger partial charge is 0.468 e. The molecule has 0 heterocycles. The second-order valence-electron chi connectivity index (χ2n) is 4.25. The number of carbonyl (C=O) groups is 1. The Morgan fingerprint density at radius 1 is 1.21 bits per heavy atom. The molecule has 0 aliphatic heterocycles. The maximum atomic E-state index is 12.4. The summed E-state index contributed by atoms with van der Waals surface area (Å²) in [6, 6.07) is 4.06. The molecule has 106 valence electrons. The number of ether oxygens (including phenoxy) is 1. The highest BCUT2D eigenvalue weighted by atomic mass is 19.4. The number of carbonyl (C=O) groups excluding carboxylic acids is 1. The Bertz CT molecular complexity index is 429. The van der Waals surface area contributed by atoms with Crippen molar-refractivity contribution in [2.24, 2.45) is 0 Å². The van der Waals surface area contributed by atoms with Gasteiger partial charge in [-0.25, -0.2) is 0 Å². The summed E-state index contributed by atoms with van der Waals surface area (Å²) in [5.74, 6) is -0.418. The summed E-state index contributed by atoms with van der Waals surface area (Å²) in [6.45, 7) is 3.40. The zero-order valence-electron chi connectivity index (χ0n) is 10.9. The van der Waals surface area contributed by atoms with Crippen LogP contribution in [0.15, 0.2) is 24.3 Å². The summed E-state index contributed by atoms with van der Waals surface area (Å²) in [5, 5.41) is 2.95. The van der Waals surface area contributed by atoms with Crippen molar-refractivity contribution in [1.29, 1.82) is 0 Å². The summed E-state index contributed by atoms with van der Waals surface area (Å²) >= 11 is 0. The molecule has 0 saturated carbocycles. The number of nitrogens with one attached hydrogen (secondary N) is 1. The van der Waals surface area contributed by atoms with Gasteiger partial charge in [0.05, 0.1) is 12.7 Å². The van der Waals surface area contributed by atoms with Gasteiger partial charge >= 0.3 is 12.1 Å². The molecule has 0 aromatic heterocycles. The Morgan fingerprint density at radius 3 is 2.16 bits per heavy atom. The lowest BCUT2D eigenvalue weighted by molar-refractivity contribution is -0.142. The van der Waals surface area contributed by atoms with E-state index in [-0.39, 0.29) is 6.04 Å². The Balaban J connectivity index is 2.73. The van der Waals surface area contributed by atoms with Crippen LogP contribution in [0.1, 0.15) is 31.0 Å². The van der Waals surface area contributed by atoms with Crippen LogP contribution in [0.4, 0.5) is 13.2 Å². The lowest BCUT2D eigenvalue weighted by Crippen LogP contribution is -2.36. The minimum absolute atomic E-state index is 0.253. The fourth-order valence-electron chi connectivity index (χ4n) is 1.68. The van der Waals surface area contributed by atoms with Crippen LogP contribution in [-0.2, 0) is 15.7 Å². The molecule has 0 saturated heterocycles. The van der Waals surface area contributed by atoms with Gasteiger partial charge in [-0.05, 0) is 31.5 Å². The maximum absolute atomic E-state index is 12.4. The molecule has 0 bridgehead atoms. The van der Waals surface area contributed by atoms with Crippen LogP contribution in [-0.4, -0.2) is 19.1 Å². The molecule has 3 nitrogen and oxygen atoms in total. The van der Waals surface area contributed by atoms with Crippen molar-refractivity contribution in [3.8, 4) is 0 Å². The van der Waals surface area contributed by atoms with Crippen LogP contribution in [0.5, 0.6) is 0 Å². The molecule has 0 amide bonds. The summed E-state index contributed by atoms with van der Waals surface area (Å²) < 4.78 is 41.8. The summed E-state index contributed by atoms with van der Waals surface area (Å²) in [4.78, 5) is 11.2. The molecule has 0 radical (unpaired) electrons. The number of hydrogen-bond acceptors (Lipinski definition) is 3. The average molecular weight is 275 g/mol. The van der Waals surface area contributed by atoms with Crippen molar-refractivity contribution in [2.45, 2.75) is 32.1 Å². The second-order valence-corrected chi connectivity index (χ2v) is 4.25. The van der Waals surface area contributed by atoms with Gasteiger partial charge in [-0.2, -0.15) is 13.2 Å². The van der Waals surface area contributed by atoms with Crippen molar-refractivity contribution in [2.75, 3.05) is 7.11 Å². The van der Waals surface area contributed by atoms with E-state index < -0.39 is 23.8 Å². The van der Waals surface area contributed by atoms with Gasteiger partial charge in [-0.1, -0.05) is 12.1 Å². The zero-order chi connectivity index (χ0) is 14.6. The molecule has 6 heteroatoms. The number of alkyl halides is 3. The first-order valence-electron chi connectivity index (χ1n) is 5.76. The molecular weight excluding hydrogens is 259 g/mol. The molecule has 2 unspecified atom stereocenters. The van der Waals surface area contributed by atoms with E-state index in [1.807, 2.05) is 0 Å². The number of hydrogen-bond donors (Lipinski definition) is 1. The van der Waals surface area contributed by atoms with Crippen molar-refractivity contribution >= 4 is 5.97 Å². The van der Waals surface area contributed by atoms with Crippen molar-refractivity contribution in [3.05, 3.63) is 35.4 Å². The zero-order valence-corrected chi connectivity index (χ0v) is 10.9. The van der Waals surface area contributed by atoms with Gasteiger partial charge in [0.2, 0.25) is 0 Å². The predicted molar refractivity (Wildman–Crippen MR) is 64.5 cm³/mol. The van der Waals surface area contributed by atoms with E-state index in [1.54, 1.807) is 13.8 Å². The minimum Gasteiger partial charge on any atom is -0.468 e. The Hall–Kier alpha value is -1.56. The highest BCUT2D eigenvalue weighted by Gasteiger charge is 2.30. The second kappa shape index (κ2) is 6.06. The van der Waals surface area contributed by atoms with Crippen LogP contribution < -0.4 is 5.32 Å². The number of halogens is 3. The number of rotatable bonds is 4. The number of benzene rings is 1. The van der Waals surface area contributed by atoms with Crippen LogP contribution in [0, 0.1) is 0 Å². The third-order valence-electron chi connectivity index (χ3n) is 2.79. The topological polar surface area (TPSA) is 38.3 Å². The quantitative estimate of drug-likeness (QED) is 0.859. The van der Waals surface area contributed by atoms with Gasteiger partial charge < -0.3 is 4.74 Å². The molecule has 0 fully saturated rings. The van der Waals surface area contributed by atoms with E-state index in [4.69, 9.17) is 0 Å². The first-order valence-corrected chi connectivity index (χ1v) is 5.76. The highest BCUT2D eigenvalue weighted by molar-refractivity contribution is 5.75. The van der Waals surface area contributed by atoms with Gasteiger partial charge in [-0.15, -0.1) is 0 Å².